The highest BCUT2D eigenvalue weighted by Crippen LogP contribution is 2.58. The van der Waals surface area contributed by atoms with Gasteiger partial charge in [-0.1, -0.05) is 32.1 Å². The molecule has 1 aromatic heterocycles. The van der Waals surface area contributed by atoms with E-state index in [4.69, 9.17) is 0 Å². The Morgan fingerprint density at radius 1 is 1.36 bits per heavy atom. The molecule has 2 atom stereocenters. The van der Waals surface area contributed by atoms with Crippen LogP contribution in [0.1, 0.15) is 26.7 Å². The van der Waals surface area contributed by atoms with Crippen LogP contribution >= 0.6 is 0 Å². The minimum Gasteiger partial charge on any atom is -0.267 e. The summed E-state index contributed by atoms with van der Waals surface area (Å²) in [5.74, 6) is 1.37. The van der Waals surface area contributed by atoms with Gasteiger partial charge in [0.2, 0.25) is 0 Å². The molecule has 0 saturated heterocycles. The first kappa shape index (κ1) is 13.4. The molecule has 4 heteroatoms. The van der Waals surface area contributed by atoms with Crippen LogP contribution in [0.15, 0.2) is 52.1 Å². The quantitative estimate of drug-likeness (QED) is 0.798. The predicted octanol–water partition coefficient (Wildman–Crippen LogP) is 3.22. The third-order valence-electron chi connectivity index (χ3n) is 5.49. The van der Waals surface area contributed by atoms with Gasteiger partial charge in [-0.05, 0) is 47.8 Å². The number of hydrogen-bond acceptors (Lipinski definition) is 3. The Balaban J connectivity index is 1.68. The molecule has 3 aliphatic carbocycles. The molecule has 0 N–H and O–H groups in total. The summed E-state index contributed by atoms with van der Waals surface area (Å²) in [5, 5.41) is 4.97. The molecule has 1 fully saturated rings. The lowest BCUT2D eigenvalue weighted by atomic mass is 9.49. The molecule has 22 heavy (non-hydrogen) atoms. The third kappa shape index (κ3) is 1.86. The van der Waals surface area contributed by atoms with E-state index in [1.165, 1.54) is 23.0 Å². The van der Waals surface area contributed by atoms with Gasteiger partial charge < -0.3 is 0 Å². The van der Waals surface area contributed by atoms with Crippen molar-refractivity contribution >= 4 is 17.1 Å². The number of aromatic nitrogens is 2. The van der Waals surface area contributed by atoms with Crippen LogP contribution in [-0.4, -0.2) is 15.9 Å². The Labute approximate surface area is 129 Å². The Kier molecular flexibility index (Phi) is 2.83. The lowest BCUT2D eigenvalue weighted by molar-refractivity contribution is -0.00127. The Hall–Kier alpha value is -2.23. The van der Waals surface area contributed by atoms with Crippen molar-refractivity contribution in [3.63, 3.8) is 0 Å². The topological polar surface area (TPSA) is 47.2 Å². The van der Waals surface area contributed by atoms with E-state index in [1.54, 1.807) is 6.07 Å². The number of allylic oxidation sites excluding steroid dienone is 2. The summed E-state index contributed by atoms with van der Waals surface area (Å²) in [6.07, 6.45) is 7.98. The number of hydrogen-bond donors (Lipinski definition) is 0. The number of benzene rings is 1. The molecule has 0 radical (unpaired) electrons. The van der Waals surface area contributed by atoms with Gasteiger partial charge >= 0.3 is 0 Å². The van der Waals surface area contributed by atoms with E-state index in [9.17, 15) is 4.79 Å². The van der Waals surface area contributed by atoms with E-state index in [-0.39, 0.29) is 5.56 Å². The highest BCUT2D eigenvalue weighted by Gasteiger charge is 2.50. The van der Waals surface area contributed by atoms with Crippen LogP contribution in [0.5, 0.6) is 0 Å². The molecule has 1 aromatic carbocycles. The molecule has 2 aromatic rings. The van der Waals surface area contributed by atoms with Gasteiger partial charge in [0.05, 0.1) is 17.1 Å². The van der Waals surface area contributed by atoms with E-state index in [0.717, 1.165) is 12.3 Å². The normalized spacial score (nSPS) is 26.0. The zero-order valence-electron chi connectivity index (χ0n) is 12.9. The molecular formula is C18H19N3O. The van der Waals surface area contributed by atoms with Crippen LogP contribution in [-0.2, 0) is 0 Å². The van der Waals surface area contributed by atoms with Gasteiger partial charge in [0.25, 0.3) is 5.56 Å². The zero-order chi connectivity index (χ0) is 15.3. The molecule has 0 amide bonds. The molecule has 0 spiro atoms. The van der Waals surface area contributed by atoms with Crippen molar-refractivity contribution in [3.05, 3.63) is 52.6 Å². The molecule has 1 saturated carbocycles. The van der Waals surface area contributed by atoms with E-state index >= 15 is 0 Å². The summed E-state index contributed by atoms with van der Waals surface area (Å²) in [6.45, 7) is 4.66. The van der Waals surface area contributed by atoms with Crippen LogP contribution < -0.4 is 5.56 Å². The Bertz CT molecular complexity index is 860. The summed E-state index contributed by atoms with van der Waals surface area (Å²) < 4.78 is 1.33. The predicted molar refractivity (Wildman–Crippen MR) is 88.0 cm³/mol. The maximum atomic E-state index is 12.4. The van der Waals surface area contributed by atoms with Crippen molar-refractivity contribution in [2.45, 2.75) is 26.7 Å². The third-order valence-corrected chi connectivity index (χ3v) is 5.49. The molecule has 0 aliphatic heterocycles. The van der Waals surface area contributed by atoms with E-state index in [0.29, 0.717) is 22.2 Å². The summed E-state index contributed by atoms with van der Waals surface area (Å²) in [7, 11) is 0. The van der Waals surface area contributed by atoms with E-state index < -0.39 is 0 Å². The monoisotopic (exact) mass is 293 g/mol. The van der Waals surface area contributed by atoms with Crippen LogP contribution in [0.25, 0.3) is 10.9 Å². The molecule has 1 heterocycles. The van der Waals surface area contributed by atoms with Crippen molar-refractivity contribution in [3.8, 4) is 0 Å². The molecular weight excluding hydrogens is 274 g/mol. The number of para-hydroxylation sites is 1. The van der Waals surface area contributed by atoms with Crippen molar-refractivity contribution < 1.29 is 0 Å². The minimum absolute atomic E-state index is 0.121. The van der Waals surface area contributed by atoms with Gasteiger partial charge in [0.1, 0.15) is 6.33 Å². The number of rotatable bonds is 2. The van der Waals surface area contributed by atoms with Crippen LogP contribution in [0.4, 0.5) is 0 Å². The summed E-state index contributed by atoms with van der Waals surface area (Å²) >= 11 is 0. The molecule has 3 aliphatic rings. The highest BCUT2D eigenvalue weighted by atomic mass is 16.1. The molecule has 2 bridgehead atoms. The maximum Gasteiger partial charge on any atom is 0.281 e. The summed E-state index contributed by atoms with van der Waals surface area (Å²) in [4.78, 5) is 16.7. The van der Waals surface area contributed by atoms with Crippen LogP contribution in [0.2, 0.25) is 0 Å². The minimum atomic E-state index is -0.121. The first-order chi connectivity index (χ1) is 10.6. The van der Waals surface area contributed by atoms with Crippen LogP contribution in [0.3, 0.4) is 0 Å². The average molecular weight is 293 g/mol. The molecule has 5 rings (SSSR count). The van der Waals surface area contributed by atoms with Gasteiger partial charge in [-0.3, -0.25) is 4.79 Å². The zero-order valence-corrected chi connectivity index (χ0v) is 12.9. The van der Waals surface area contributed by atoms with E-state index in [2.05, 4.69) is 30.0 Å². The van der Waals surface area contributed by atoms with Gasteiger partial charge in [0.15, 0.2) is 0 Å². The Morgan fingerprint density at radius 3 is 2.95 bits per heavy atom. The lowest BCUT2D eigenvalue weighted by Crippen LogP contribution is -2.48. The van der Waals surface area contributed by atoms with Gasteiger partial charge in [-0.2, -0.15) is 9.78 Å². The number of fused-ring (bicyclic) bond motifs is 2. The Morgan fingerprint density at radius 2 is 2.18 bits per heavy atom. The first-order valence-corrected chi connectivity index (χ1v) is 7.78. The van der Waals surface area contributed by atoms with Gasteiger partial charge in [-0.25, -0.2) is 4.98 Å². The molecule has 112 valence electrons. The van der Waals surface area contributed by atoms with Crippen molar-refractivity contribution in [2.24, 2.45) is 22.4 Å². The second-order valence-electron chi connectivity index (χ2n) is 6.90. The van der Waals surface area contributed by atoms with Crippen LogP contribution in [0, 0.1) is 17.3 Å². The largest absolute Gasteiger partial charge is 0.281 e. The summed E-state index contributed by atoms with van der Waals surface area (Å²) in [5.41, 5.74) is 2.21. The lowest BCUT2D eigenvalue weighted by Gasteiger charge is -2.55. The second-order valence-corrected chi connectivity index (χ2v) is 6.90. The summed E-state index contributed by atoms with van der Waals surface area (Å²) in [6, 6.07) is 7.35. The fourth-order valence-electron chi connectivity index (χ4n) is 3.82. The van der Waals surface area contributed by atoms with Crippen molar-refractivity contribution in [1.82, 2.24) is 9.66 Å². The highest BCUT2D eigenvalue weighted by molar-refractivity contribution is 5.81. The molecule has 2 unspecified atom stereocenters. The van der Waals surface area contributed by atoms with E-state index in [1.807, 2.05) is 24.4 Å². The fraction of sp³-hybridized carbons (Fsp3) is 0.389. The SMILES string of the molecule is CC1(C)C2CC=C(C=Nn3cnc4ccccc4c3=O)C1C2. The van der Waals surface area contributed by atoms with Gasteiger partial charge in [0, 0.05) is 0 Å². The van der Waals surface area contributed by atoms with Crippen molar-refractivity contribution in [1.29, 1.82) is 0 Å². The average Bonchev–Trinajstić information content (AvgIpc) is 2.54. The first-order valence-electron chi connectivity index (χ1n) is 7.78. The second kappa shape index (κ2) is 4.63. The molecule has 4 nitrogen and oxygen atoms in total. The van der Waals surface area contributed by atoms with Crippen molar-refractivity contribution in [2.75, 3.05) is 0 Å². The smallest absolute Gasteiger partial charge is 0.267 e. The fourth-order valence-corrected chi connectivity index (χ4v) is 3.82. The standard InChI is InChI=1S/C18H19N3O/c1-18(2)13-8-7-12(15(18)9-13)10-20-21-11-19-16-6-4-3-5-14(16)17(21)22/h3-7,10-11,13,15H,8-9H2,1-2H3. The van der Waals surface area contributed by atoms with Gasteiger partial charge in [-0.15, -0.1) is 0 Å². The number of nitrogens with zero attached hydrogens (tertiary/aromatic N) is 3. The maximum absolute atomic E-state index is 12.4.